The third-order valence-electron chi connectivity index (χ3n) is 3.43. The molecule has 1 aromatic heterocycles. The molecule has 2 heterocycles. The van der Waals surface area contributed by atoms with E-state index in [2.05, 4.69) is 42.3 Å². The molecule has 90 valence electrons. The zero-order chi connectivity index (χ0) is 11.8. The van der Waals surface area contributed by atoms with E-state index in [9.17, 15) is 0 Å². The fraction of sp³-hybridized carbons (Fsp3) is 0.429. The molecular weight excluding hydrogens is 212 g/mol. The van der Waals surface area contributed by atoms with E-state index in [4.69, 9.17) is 4.74 Å². The van der Waals surface area contributed by atoms with E-state index < -0.39 is 0 Å². The molecule has 3 nitrogen and oxygen atoms in total. The van der Waals surface area contributed by atoms with Crippen molar-refractivity contribution >= 4 is 10.9 Å². The first kappa shape index (κ1) is 10.7. The van der Waals surface area contributed by atoms with Crippen molar-refractivity contribution in [1.29, 1.82) is 0 Å². The van der Waals surface area contributed by atoms with Crippen LogP contribution in [0.1, 0.15) is 11.1 Å². The first-order chi connectivity index (χ1) is 8.25. The molecule has 0 spiro atoms. The summed E-state index contributed by atoms with van der Waals surface area (Å²) in [6.45, 7) is 1.91. The average Bonchev–Trinajstić information content (AvgIpc) is 2.91. The molecule has 0 aliphatic carbocycles. The summed E-state index contributed by atoms with van der Waals surface area (Å²) < 4.78 is 5.63. The summed E-state index contributed by atoms with van der Waals surface area (Å²) in [6.07, 6.45) is 4.27. The SMILES string of the molecule is CN(C)CCc1c[nH]c2ccc3c(c12)CCO3. The topological polar surface area (TPSA) is 28.3 Å². The van der Waals surface area contributed by atoms with E-state index in [0.29, 0.717) is 0 Å². The number of fused-ring (bicyclic) bond motifs is 3. The number of nitrogens with zero attached hydrogens (tertiary/aromatic N) is 1. The minimum atomic E-state index is 0.826. The van der Waals surface area contributed by atoms with Gasteiger partial charge in [0.2, 0.25) is 0 Å². The van der Waals surface area contributed by atoms with Gasteiger partial charge in [0.25, 0.3) is 0 Å². The lowest BCUT2D eigenvalue weighted by atomic mass is 10.0. The van der Waals surface area contributed by atoms with E-state index in [1.807, 2.05) is 0 Å². The van der Waals surface area contributed by atoms with Crippen LogP contribution in [-0.4, -0.2) is 37.1 Å². The molecule has 2 aromatic rings. The Morgan fingerprint density at radius 2 is 2.24 bits per heavy atom. The summed E-state index contributed by atoms with van der Waals surface area (Å²) in [5.74, 6) is 1.07. The molecule has 0 fully saturated rings. The second kappa shape index (κ2) is 4.08. The smallest absolute Gasteiger partial charge is 0.123 e. The van der Waals surface area contributed by atoms with Gasteiger partial charge in [-0.2, -0.15) is 0 Å². The minimum Gasteiger partial charge on any atom is -0.493 e. The Morgan fingerprint density at radius 3 is 3.06 bits per heavy atom. The molecular formula is C14H18N2O. The summed E-state index contributed by atoms with van der Waals surface area (Å²) >= 11 is 0. The highest BCUT2D eigenvalue weighted by Crippen LogP contribution is 2.34. The number of aromatic amines is 1. The van der Waals surface area contributed by atoms with Gasteiger partial charge in [-0.1, -0.05) is 0 Å². The van der Waals surface area contributed by atoms with Gasteiger partial charge in [0, 0.05) is 35.6 Å². The van der Waals surface area contributed by atoms with Gasteiger partial charge >= 0.3 is 0 Å². The summed E-state index contributed by atoms with van der Waals surface area (Å²) in [7, 11) is 4.23. The number of H-pyrrole nitrogens is 1. The zero-order valence-corrected chi connectivity index (χ0v) is 10.4. The number of aromatic nitrogens is 1. The lowest BCUT2D eigenvalue weighted by Crippen LogP contribution is -2.14. The van der Waals surface area contributed by atoms with Crippen molar-refractivity contribution in [3.63, 3.8) is 0 Å². The normalized spacial score (nSPS) is 14.3. The van der Waals surface area contributed by atoms with Crippen LogP contribution < -0.4 is 4.74 Å². The number of rotatable bonds is 3. The van der Waals surface area contributed by atoms with Gasteiger partial charge in [-0.3, -0.25) is 0 Å². The third kappa shape index (κ3) is 1.80. The number of benzene rings is 1. The predicted molar refractivity (Wildman–Crippen MR) is 69.8 cm³/mol. The van der Waals surface area contributed by atoms with Crippen molar-refractivity contribution in [3.05, 3.63) is 29.5 Å². The number of nitrogens with one attached hydrogen (secondary N) is 1. The van der Waals surface area contributed by atoms with Gasteiger partial charge < -0.3 is 14.6 Å². The average molecular weight is 230 g/mol. The van der Waals surface area contributed by atoms with Gasteiger partial charge in [-0.25, -0.2) is 0 Å². The second-order valence-corrected chi connectivity index (χ2v) is 4.93. The first-order valence-corrected chi connectivity index (χ1v) is 6.15. The maximum absolute atomic E-state index is 5.63. The first-order valence-electron chi connectivity index (χ1n) is 6.15. The summed E-state index contributed by atoms with van der Waals surface area (Å²) in [6, 6.07) is 4.20. The lowest BCUT2D eigenvalue weighted by Gasteiger charge is -2.09. The van der Waals surface area contributed by atoms with Crippen LogP contribution in [0.4, 0.5) is 0 Å². The predicted octanol–water partition coefficient (Wildman–Crippen LogP) is 2.21. The van der Waals surface area contributed by atoms with Crippen LogP contribution in [0.3, 0.4) is 0 Å². The van der Waals surface area contributed by atoms with Gasteiger partial charge in [0.15, 0.2) is 0 Å². The fourth-order valence-electron chi connectivity index (χ4n) is 2.54. The Balaban J connectivity index is 2.04. The number of hydrogen-bond acceptors (Lipinski definition) is 2. The highest BCUT2D eigenvalue weighted by Gasteiger charge is 2.18. The van der Waals surface area contributed by atoms with Gasteiger partial charge in [0.1, 0.15) is 5.75 Å². The summed E-state index contributed by atoms with van der Waals surface area (Å²) in [5.41, 5.74) is 4.04. The molecule has 0 radical (unpaired) electrons. The Labute approximate surface area is 101 Å². The molecule has 0 bridgehead atoms. The van der Waals surface area contributed by atoms with Gasteiger partial charge in [0.05, 0.1) is 6.61 Å². The molecule has 0 saturated carbocycles. The molecule has 3 heteroatoms. The van der Waals surface area contributed by atoms with E-state index in [-0.39, 0.29) is 0 Å². The zero-order valence-electron chi connectivity index (χ0n) is 10.4. The van der Waals surface area contributed by atoms with Crippen molar-refractivity contribution in [2.75, 3.05) is 27.2 Å². The Hall–Kier alpha value is -1.48. The van der Waals surface area contributed by atoms with E-state index in [0.717, 1.165) is 31.7 Å². The molecule has 1 N–H and O–H groups in total. The molecule has 3 rings (SSSR count). The summed E-state index contributed by atoms with van der Waals surface area (Å²) in [5, 5.41) is 1.39. The van der Waals surface area contributed by atoms with Crippen molar-refractivity contribution in [1.82, 2.24) is 9.88 Å². The molecule has 0 saturated heterocycles. The van der Waals surface area contributed by atoms with Crippen LogP contribution in [0, 0.1) is 0 Å². The van der Waals surface area contributed by atoms with Crippen LogP contribution >= 0.6 is 0 Å². The Morgan fingerprint density at radius 1 is 1.35 bits per heavy atom. The standard InChI is InChI=1S/C14H18N2O/c1-16(2)7-5-10-9-15-12-3-4-13-11(14(10)12)6-8-17-13/h3-4,9,15H,5-8H2,1-2H3. The van der Waals surface area contributed by atoms with Crippen LogP contribution in [0.15, 0.2) is 18.3 Å². The Bertz CT molecular complexity index is 542. The molecule has 1 aliphatic rings. The quantitative estimate of drug-likeness (QED) is 0.875. The van der Waals surface area contributed by atoms with E-state index >= 15 is 0 Å². The lowest BCUT2D eigenvalue weighted by molar-refractivity contribution is 0.357. The number of ether oxygens (including phenoxy) is 1. The fourth-order valence-corrected chi connectivity index (χ4v) is 2.54. The number of likely N-dealkylation sites (N-methyl/N-ethyl adjacent to an activating group) is 1. The van der Waals surface area contributed by atoms with Crippen LogP contribution in [0.25, 0.3) is 10.9 Å². The van der Waals surface area contributed by atoms with Crippen molar-refractivity contribution in [2.24, 2.45) is 0 Å². The van der Waals surface area contributed by atoms with Gasteiger partial charge in [-0.15, -0.1) is 0 Å². The van der Waals surface area contributed by atoms with E-state index in [1.54, 1.807) is 0 Å². The van der Waals surface area contributed by atoms with Crippen LogP contribution in [0.2, 0.25) is 0 Å². The van der Waals surface area contributed by atoms with Gasteiger partial charge in [-0.05, 0) is 38.2 Å². The van der Waals surface area contributed by atoms with Crippen LogP contribution in [0.5, 0.6) is 5.75 Å². The molecule has 1 aromatic carbocycles. The monoisotopic (exact) mass is 230 g/mol. The molecule has 0 amide bonds. The molecule has 0 unspecified atom stereocenters. The second-order valence-electron chi connectivity index (χ2n) is 4.93. The molecule has 0 atom stereocenters. The maximum atomic E-state index is 5.63. The highest BCUT2D eigenvalue weighted by atomic mass is 16.5. The van der Waals surface area contributed by atoms with Crippen molar-refractivity contribution in [3.8, 4) is 5.75 Å². The van der Waals surface area contributed by atoms with Crippen molar-refractivity contribution in [2.45, 2.75) is 12.8 Å². The highest BCUT2D eigenvalue weighted by molar-refractivity contribution is 5.89. The molecule has 1 aliphatic heterocycles. The number of hydrogen-bond donors (Lipinski definition) is 1. The minimum absolute atomic E-state index is 0.826. The maximum Gasteiger partial charge on any atom is 0.123 e. The van der Waals surface area contributed by atoms with Crippen molar-refractivity contribution < 1.29 is 4.74 Å². The van der Waals surface area contributed by atoms with Crippen LogP contribution in [-0.2, 0) is 12.8 Å². The largest absolute Gasteiger partial charge is 0.493 e. The Kier molecular flexibility index (Phi) is 2.56. The third-order valence-corrected chi connectivity index (χ3v) is 3.43. The summed E-state index contributed by atoms with van der Waals surface area (Å²) in [4.78, 5) is 5.59. The van der Waals surface area contributed by atoms with E-state index in [1.165, 1.54) is 22.0 Å². The molecule has 17 heavy (non-hydrogen) atoms.